The molecule has 2 heterocycles. The third-order valence-electron chi connectivity index (χ3n) is 3.96. The number of ketones is 1. The fourth-order valence-corrected chi connectivity index (χ4v) is 3.39. The quantitative estimate of drug-likeness (QED) is 0.673. The number of hydrogen-bond acceptors (Lipinski definition) is 2. The van der Waals surface area contributed by atoms with E-state index >= 15 is 0 Å². The Morgan fingerprint density at radius 2 is 1.71 bits per heavy atom. The average molecular weight is 195 g/mol. The Morgan fingerprint density at radius 3 is 2.07 bits per heavy atom. The second-order valence-corrected chi connectivity index (χ2v) is 5.20. The van der Waals surface area contributed by atoms with Gasteiger partial charge in [0.25, 0.3) is 0 Å². The lowest BCUT2D eigenvalue weighted by Gasteiger charge is -2.40. The summed E-state index contributed by atoms with van der Waals surface area (Å²) in [7, 11) is 0. The predicted octanol–water partition coefficient (Wildman–Crippen LogP) is 2.23. The highest BCUT2D eigenvalue weighted by Gasteiger charge is 2.42. The van der Waals surface area contributed by atoms with Crippen molar-refractivity contribution in [3.05, 3.63) is 0 Å². The topological polar surface area (TPSA) is 20.3 Å². The van der Waals surface area contributed by atoms with E-state index in [-0.39, 0.29) is 0 Å². The Bertz CT molecular complexity index is 222. The van der Waals surface area contributed by atoms with Crippen molar-refractivity contribution in [3.63, 3.8) is 0 Å². The standard InChI is InChI=1S/C12H21NO/c1-8(2)13-11-4-5-12(13)7-10(6-11)9(3)14/h8,10-12H,4-7H2,1-3H3/t10?,11-,12+. The van der Waals surface area contributed by atoms with E-state index in [1.807, 2.05) is 0 Å². The number of fused-ring (bicyclic) bond motifs is 2. The normalized spacial score (nSPS) is 37.9. The maximum absolute atomic E-state index is 11.4. The van der Waals surface area contributed by atoms with Crippen molar-refractivity contribution in [2.75, 3.05) is 0 Å². The molecule has 2 saturated heterocycles. The Labute approximate surface area is 86.7 Å². The number of Topliss-reactive ketones (excluding diaryl/α,β-unsaturated/α-hetero) is 1. The molecule has 2 fully saturated rings. The lowest BCUT2D eigenvalue weighted by atomic mass is 9.87. The van der Waals surface area contributed by atoms with Crippen LogP contribution in [-0.4, -0.2) is 28.8 Å². The summed E-state index contributed by atoms with van der Waals surface area (Å²) in [5.74, 6) is 0.771. The minimum Gasteiger partial charge on any atom is -0.300 e. The van der Waals surface area contributed by atoms with E-state index < -0.39 is 0 Å². The third kappa shape index (κ3) is 1.60. The highest BCUT2D eigenvalue weighted by Crippen LogP contribution is 2.39. The number of piperidine rings is 1. The van der Waals surface area contributed by atoms with E-state index in [2.05, 4.69) is 18.7 Å². The summed E-state index contributed by atoms with van der Waals surface area (Å²) in [5.41, 5.74) is 0. The van der Waals surface area contributed by atoms with Crippen molar-refractivity contribution in [1.82, 2.24) is 4.90 Å². The fourth-order valence-electron chi connectivity index (χ4n) is 3.39. The molecule has 2 nitrogen and oxygen atoms in total. The van der Waals surface area contributed by atoms with Crippen LogP contribution < -0.4 is 0 Å². The molecule has 1 unspecified atom stereocenters. The Hall–Kier alpha value is -0.370. The van der Waals surface area contributed by atoms with Crippen molar-refractivity contribution in [2.24, 2.45) is 5.92 Å². The van der Waals surface area contributed by atoms with Gasteiger partial charge in [-0.05, 0) is 46.5 Å². The SMILES string of the molecule is CC(=O)C1C[C@H]2CC[C@@H](C1)N2C(C)C. The van der Waals surface area contributed by atoms with Gasteiger partial charge in [0.05, 0.1) is 0 Å². The van der Waals surface area contributed by atoms with Crippen molar-refractivity contribution in [2.45, 2.75) is 64.6 Å². The summed E-state index contributed by atoms with van der Waals surface area (Å²) in [6.07, 6.45) is 4.85. The van der Waals surface area contributed by atoms with Gasteiger partial charge < -0.3 is 0 Å². The number of rotatable bonds is 2. The molecule has 0 spiro atoms. The van der Waals surface area contributed by atoms with Gasteiger partial charge in [0.2, 0.25) is 0 Å². The van der Waals surface area contributed by atoms with Crippen LogP contribution in [0.1, 0.15) is 46.5 Å². The second kappa shape index (κ2) is 3.65. The minimum absolute atomic E-state index is 0.363. The van der Waals surface area contributed by atoms with Crippen molar-refractivity contribution in [3.8, 4) is 0 Å². The monoisotopic (exact) mass is 195 g/mol. The molecular formula is C12H21NO. The maximum atomic E-state index is 11.4. The number of carbonyl (C=O) groups is 1. The van der Waals surface area contributed by atoms with Gasteiger partial charge in [-0.3, -0.25) is 9.69 Å². The first-order valence-corrected chi connectivity index (χ1v) is 5.87. The zero-order chi connectivity index (χ0) is 10.3. The first-order valence-electron chi connectivity index (χ1n) is 5.87. The molecule has 0 N–H and O–H groups in total. The lowest BCUT2D eigenvalue weighted by molar-refractivity contribution is -0.123. The van der Waals surface area contributed by atoms with Gasteiger partial charge in [-0.2, -0.15) is 0 Å². The van der Waals surface area contributed by atoms with E-state index in [1.54, 1.807) is 6.92 Å². The molecule has 14 heavy (non-hydrogen) atoms. The van der Waals surface area contributed by atoms with Gasteiger partial charge >= 0.3 is 0 Å². The van der Waals surface area contributed by atoms with Crippen LogP contribution in [0.25, 0.3) is 0 Å². The van der Waals surface area contributed by atoms with Gasteiger partial charge in [-0.1, -0.05) is 0 Å². The zero-order valence-corrected chi connectivity index (χ0v) is 9.49. The summed E-state index contributed by atoms with van der Waals surface area (Å²) in [4.78, 5) is 14.0. The molecule has 2 bridgehead atoms. The van der Waals surface area contributed by atoms with E-state index in [1.165, 1.54) is 12.8 Å². The molecule has 0 aromatic carbocycles. The molecular weight excluding hydrogens is 174 g/mol. The van der Waals surface area contributed by atoms with Crippen molar-refractivity contribution < 1.29 is 4.79 Å². The molecule has 0 aromatic heterocycles. The molecule has 80 valence electrons. The first kappa shape index (κ1) is 10.2. The molecule has 0 aliphatic carbocycles. The average Bonchev–Trinajstić information content (AvgIpc) is 2.37. The van der Waals surface area contributed by atoms with E-state index in [4.69, 9.17) is 0 Å². The maximum Gasteiger partial charge on any atom is 0.133 e. The second-order valence-electron chi connectivity index (χ2n) is 5.20. The van der Waals surface area contributed by atoms with Crippen molar-refractivity contribution in [1.29, 1.82) is 0 Å². The molecule has 2 aliphatic rings. The molecule has 3 atom stereocenters. The van der Waals surface area contributed by atoms with Gasteiger partial charge in [-0.25, -0.2) is 0 Å². The smallest absolute Gasteiger partial charge is 0.133 e. The first-order chi connectivity index (χ1) is 6.59. The highest BCUT2D eigenvalue weighted by molar-refractivity contribution is 5.78. The fraction of sp³-hybridized carbons (Fsp3) is 0.917. The summed E-state index contributed by atoms with van der Waals surface area (Å²) in [6, 6.07) is 2.05. The molecule has 2 rings (SSSR count). The Kier molecular flexibility index (Phi) is 2.65. The van der Waals surface area contributed by atoms with Crippen molar-refractivity contribution >= 4 is 5.78 Å². The van der Waals surface area contributed by atoms with Crippen LogP contribution in [0.4, 0.5) is 0 Å². The molecule has 0 amide bonds. The van der Waals surface area contributed by atoms with E-state index in [0.717, 1.165) is 12.8 Å². The van der Waals surface area contributed by atoms with Crippen LogP contribution in [0.5, 0.6) is 0 Å². The highest BCUT2D eigenvalue weighted by atomic mass is 16.1. The van der Waals surface area contributed by atoms with Gasteiger partial charge in [0, 0.05) is 24.0 Å². The molecule has 0 aromatic rings. The summed E-state index contributed by atoms with van der Waals surface area (Å²) in [6.45, 7) is 6.31. The molecule has 2 heteroatoms. The van der Waals surface area contributed by atoms with Gasteiger partial charge in [0.1, 0.15) is 5.78 Å². The summed E-state index contributed by atoms with van der Waals surface area (Å²) in [5, 5.41) is 0. The Balaban J connectivity index is 2.08. The predicted molar refractivity (Wildman–Crippen MR) is 57.2 cm³/mol. The van der Waals surface area contributed by atoms with Crippen LogP contribution in [0.15, 0.2) is 0 Å². The van der Waals surface area contributed by atoms with Gasteiger partial charge in [0.15, 0.2) is 0 Å². The van der Waals surface area contributed by atoms with E-state index in [0.29, 0.717) is 29.8 Å². The molecule has 0 saturated carbocycles. The van der Waals surface area contributed by atoms with Crippen LogP contribution >= 0.6 is 0 Å². The number of nitrogens with zero attached hydrogens (tertiary/aromatic N) is 1. The van der Waals surface area contributed by atoms with E-state index in [9.17, 15) is 4.79 Å². The van der Waals surface area contributed by atoms with Crippen LogP contribution in [-0.2, 0) is 4.79 Å². The lowest BCUT2D eigenvalue weighted by Crippen LogP contribution is -2.47. The van der Waals surface area contributed by atoms with Crippen LogP contribution in [0, 0.1) is 5.92 Å². The Morgan fingerprint density at radius 1 is 1.21 bits per heavy atom. The summed E-state index contributed by atoms with van der Waals surface area (Å²) < 4.78 is 0. The van der Waals surface area contributed by atoms with Crippen LogP contribution in [0.2, 0.25) is 0 Å². The van der Waals surface area contributed by atoms with Crippen LogP contribution in [0.3, 0.4) is 0 Å². The zero-order valence-electron chi connectivity index (χ0n) is 9.49. The summed E-state index contributed by atoms with van der Waals surface area (Å²) >= 11 is 0. The largest absolute Gasteiger partial charge is 0.300 e. The molecule has 2 aliphatic heterocycles. The number of hydrogen-bond donors (Lipinski definition) is 0. The van der Waals surface area contributed by atoms with Gasteiger partial charge in [-0.15, -0.1) is 0 Å². The third-order valence-corrected chi connectivity index (χ3v) is 3.96. The molecule has 0 radical (unpaired) electrons. The number of carbonyl (C=O) groups excluding carboxylic acids is 1. The minimum atomic E-state index is 0.363.